The van der Waals surface area contributed by atoms with Crippen LogP contribution < -0.4 is 5.32 Å². The number of benzene rings is 1. The zero-order valence-corrected chi connectivity index (χ0v) is 9.14. The number of rotatable bonds is 4. The third kappa shape index (κ3) is 4.02. The first kappa shape index (κ1) is 12.8. The molecule has 0 saturated heterocycles. The summed E-state index contributed by atoms with van der Waals surface area (Å²) in [5.41, 5.74) is -0.0601. The molecule has 0 fully saturated rings. The Morgan fingerprint density at radius 2 is 2.29 bits per heavy atom. The van der Waals surface area contributed by atoms with Crippen molar-refractivity contribution in [3.05, 3.63) is 45.8 Å². The number of non-ortho nitro benzene ring substituents is 1. The summed E-state index contributed by atoms with van der Waals surface area (Å²) in [6, 6.07) is 3.27. The minimum Gasteiger partial charge on any atom is -0.353 e. The lowest BCUT2D eigenvalue weighted by Gasteiger charge is -1.98. The average Bonchev–Trinajstić information content (AvgIpc) is 2.25. The molecular weight excluding hydrogens is 227 g/mol. The van der Waals surface area contributed by atoms with Crippen LogP contribution in [0.3, 0.4) is 0 Å². The summed E-state index contributed by atoms with van der Waals surface area (Å²) in [5, 5.41) is 13.0. The first-order valence-corrected chi connectivity index (χ1v) is 4.85. The van der Waals surface area contributed by atoms with Crippen molar-refractivity contribution in [3.63, 3.8) is 0 Å². The standard InChI is InChI=1S/C11H11FN2O3/c1-8(15)13-6-2-3-9-7-10(14(16)17)4-5-11(9)12/h2-5,7H,6H2,1H3,(H,13,15). The van der Waals surface area contributed by atoms with Crippen LogP contribution in [0.25, 0.3) is 6.08 Å². The van der Waals surface area contributed by atoms with E-state index in [1.165, 1.54) is 19.1 Å². The molecule has 0 aliphatic rings. The van der Waals surface area contributed by atoms with E-state index in [-0.39, 0.29) is 23.7 Å². The molecule has 0 radical (unpaired) electrons. The number of nitro benzene ring substituents is 1. The summed E-state index contributed by atoms with van der Waals surface area (Å²) in [4.78, 5) is 20.5. The van der Waals surface area contributed by atoms with Crippen LogP contribution in [0.1, 0.15) is 12.5 Å². The zero-order valence-electron chi connectivity index (χ0n) is 9.14. The van der Waals surface area contributed by atoms with Gasteiger partial charge in [-0.25, -0.2) is 4.39 Å². The Hall–Kier alpha value is -2.24. The Balaban J connectivity index is 2.79. The molecule has 0 aliphatic carbocycles. The lowest BCUT2D eigenvalue weighted by atomic mass is 10.1. The third-order valence-electron chi connectivity index (χ3n) is 1.96. The van der Waals surface area contributed by atoms with E-state index in [2.05, 4.69) is 5.32 Å². The lowest BCUT2D eigenvalue weighted by molar-refractivity contribution is -0.384. The van der Waals surface area contributed by atoms with E-state index in [0.717, 1.165) is 18.2 Å². The van der Waals surface area contributed by atoms with E-state index >= 15 is 0 Å². The molecule has 0 saturated carbocycles. The number of carbonyl (C=O) groups excluding carboxylic acids is 1. The van der Waals surface area contributed by atoms with Crippen molar-refractivity contribution >= 4 is 17.7 Å². The first-order chi connectivity index (χ1) is 8.00. The normalized spacial score (nSPS) is 10.5. The molecule has 1 N–H and O–H groups in total. The topological polar surface area (TPSA) is 72.2 Å². The summed E-state index contributed by atoms with van der Waals surface area (Å²) in [5.74, 6) is -0.746. The predicted octanol–water partition coefficient (Wildman–Crippen LogP) is 1.88. The lowest BCUT2D eigenvalue weighted by Crippen LogP contribution is -2.19. The number of nitrogens with zero attached hydrogens (tertiary/aromatic N) is 1. The summed E-state index contributed by atoms with van der Waals surface area (Å²) in [7, 11) is 0. The van der Waals surface area contributed by atoms with Crippen LogP contribution in [0.15, 0.2) is 24.3 Å². The summed E-state index contributed by atoms with van der Waals surface area (Å²) in [6.45, 7) is 1.61. The van der Waals surface area contributed by atoms with Crippen molar-refractivity contribution in [2.24, 2.45) is 0 Å². The molecular formula is C11H11FN2O3. The van der Waals surface area contributed by atoms with Gasteiger partial charge in [-0.15, -0.1) is 0 Å². The Labute approximate surface area is 97.1 Å². The van der Waals surface area contributed by atoms with Gasteiger partial charge in [-0.05, 0) is 6.07 Å². The van der Waals surface area contributed by atoms with Gasteiger partial charge in [0.15, 0.2) is 0 Å². The van der Waals surface area contributed by atoms with Gasteiger partial charge in [0.2, 0.25) is 5.91 Å². The van der Waals surface area contributed by atoms with Crippen molar-refractivity contribution < 1.29 is 14.1 Å². The first-order valence-electron chi connectivity index (χ1n) is 4.85. The summed E-state index contributed by atoms with van der Waals surface area (Å²) < 4.78 is 13.3. The molecule has 0 aromatic heterocycles. The van der Waals surface area contributed by atoms with Crippen LogP contribution >= 0.6 is 0 Å². The Bertz CT molecular complexity index is 472. The zero-order chi connectivity index (χ0) is 12.8. The number of nitro groups is 1. The molecule has 0 heterocycles. The third-order valence-corrected chi connectivity index (χ3v) is 1.96. The second-order valence-electron chi connectivity index (χ2n) is 3.30. The maximum atomic E-state index is 13.3. The van der Waals surface area contributed by atoms with Gasteiger partial charge < -0.3 is 5.32 Å². The van der Waals surface area contributed by atoms with Crippen molar-refractivity contribution in [3.8, 4) is 0 Å². The minimum absolute atomic E-state index is 0.115. The highest BCUT2D eigenvalue weighted by molar-refractivity contribution is 5.73. The number of carbonyl (C=O) groups is 1. The van der Waals surface area contributed by atoms with Gasteiger partial charge in [0.1, 0.15) is 5.82 Å². The number of amides is 1. The van der Waals surface area contributed by atoms with E-state index < -0.39 is 10.7 Å². The van der Waals surface area contributed by atoms with Crippen LogP contribution in [0.4, 0.5) is 10.1 Å². The molecule has 6 heteroatoms. The van der Waals surface area contributed by atoms with E-state index in [4.69, 9.17) is 0 Å². The van der Waals surface area contributed by atoms with Gasteiger partial charge in [-0.2, -0.15) is 0 Å². The number of hydrogen-bond acceptors (Lipinski definition) is 3. The van der Waals surface area contributed by atoms with Gasteiger partial charge in [0, 0.05) is 31.2 Å². The highest BCUT2D eigenvalue weighted by Crippen LogP contribution is 2.17. The molecule has 0 spiro atoms. The molecule has 5 nitrogen and oxygen atoms in total. The Morgan fingerprint density at radius 1 is 1.59 bits per heavy atom. The van der Waals surface area contributed by atoms with Gasteiger partial charge in [-0.1, -0.05) is 12.2 Å². The Morgan fingerprint density at radius 3 is 2.88 bits per heavy atom. The molecule has 0 aliphatic heterocycles. The molecule has 1 rings (SSSR count). The van der Waals surface area contributed by atoms with E-state index in [1.807, 2.05) is 0 Å². The summed E-state index contributed by atoms with van der Waals surface area (Å²) in [6.07, 6.45) is 2.90. The average molecular weight is 238 g/mol. The highest BCUT2D eigenvalue weighted by atomic mass is 19.1. The van der Waals surface area contributed by atoms with Crippen LogP contribution in [0.2, 0.25) is 0 Å². The van der Waals surface area contributed by atoms with Crippen molar-refractivity contribution in [2.45, 2.75) is 6.92 Å². The molecule has 1 amide bonds. The molecule has 0 unspecified atom stereocenters. The maximum absolute atomic E-state index is 13.3. The second kappa shape index (κ2) is 5.74. The van der Waals surface area contributed by atoms with Crippen LogP contribution in [0.5, 0.6) is 0 Å². The van der Waals surface area contributed by atoms with Gasteiger partial charge in [-0.3, -0.25) is 14.9 Å². The van der Waals surface area contributed by atoms with Crippen LogP contribution in [-0.4, -0.2) is 17.4 Å². The molecule has 1 aromatic rings. The van der Waals surface area contributed by atoms with Gasteiger partial charge in [0.05, 0.1) is 4.92 Å². The minimum atomic E-state index is -0.593. The van der Waals surface area contributed by atoms with E-state index in [0.29, 0.717) is 0 Å². The van der Waals surface area contributed by atoms with Crippen molar-refractivity contribution in [2.75, 3.05) is 6.54 Å². The second-order valence-corrected chi connectivity index (χ2v) is 3.30. The monoisotopic (exact) mass is 238 g/mol. The Kier molecular flexibility index (Phi) is 4.33. The summed E-state index contributed by atoms with van der Waals surface area (Å²) >= 11 is 0. The number of hydrogen-bond donors (Lipinski definition) is 1. The predicted molar refractivity (Wildman–Crippen MR) is 60.8 cm³/mol. The van der Waals surface area contributed by atoms with Crippen LogP contribution in [0, 0.1) is 15.9 Å². The highest BCUT2D eigenvalue weighted by Gasteiger charge is 2.08. The number of nitrogens with one attached hydrogen (secondary N) is 1. The smallest absolute Gasteiger partial charge is 0.270 e. The fraction of sp³-hybridized carbons (Fsp3) is 0.182. The SMILES string of the molecule is CC(=O)NCC=Cc1cc([N+](=O)[O-])ccc1F. The van der Waals surface area contributed by atoms with E-state index in [9.17, 15) is 19.3 Å². The fourth-order valence-corrected chi connectivity index (χ4v) is 1.16. The maximum Gasteiger partial charge on any atom is 0.270 e. The van der Waals surface area contributed by atoms with Gasteiger partial charge in [0.25, 0.3) is 5.69 Å². The molecule has 1 aromatic carbocycles. The molecule has 0 atom stereocenters. The van der Waals surface area contributed by atoms with Crippen LogP contribution in [-0.2, 0) is 4.79 Å². The molecule has 0 bridgehead atoms. The van der Waals surface area contributed by atoms with Crippen molar-refractivity contribution in [1.82, 2.24) is 5.32 Å². The van der Waals surface area contributed by atoms with Gasteiger partial charge >= 0.3 is 0 Å². The van der Waals surface area contributed by atoms with Crippen molar-refractivity contribution in [1.29, 1.82) is 0 Å². The number of halogens is 1. The largest absolute Gasteiger partial charge is 0.353 e. The molecule has 90 valence electrons. The quantitative estimate of drug-likeness (QED) is 0.643. The molecule has 17 heavy (non-hydrogen) atoms. The fourth-order valence-electron chi connectivity index (χ4n) is 1.16. The van der Waals surface area contributed by atoms with E-state index in [1.54, 1.807) is 0 Å².